The Kier molecular flexibility index (Phi) is 1.26. The fourth-order valence-electron chi connectivity index (χ4n) is 3.22. The summed E-state index contributed by atoms with van der Waals surface area (Å²) >= 11 is 0. The first-order valence-electron chi connectivity index (χ1n) is 4.69. The number of rotatable bonds is 0. The van der Waals surface area contributed by atoms with Gasteiger partial charge in [0.1, 0.15) is 0 Å². The van der Waals surface area contributed by atoms with Crippen molar-refractivity contribution < 1.29 is 5.11 Å². The van der Waals surface area contributed by atoms with E-state index in [2.05, 4.69) is 13.8 Å². The number of hydrogen-bond donors (Lipinski definition) is 1. The molecule has 64 valence electrons. The Morgan fingerprint density at radius 1 is 1.36 bits per heavy atom. The lowest BCUT2D eigenvalue weighted by molar-refractivity contribution is -0.0522. The van der Waals surface area contributed by atoms with Crippen LogP contribution in [0.3, 0.4) is 0 Å². The van der Waals surface area contributed by atoms with Gasteiger partial charge in [-0.3, -0.25) is 0 Å². The van der Waals surface area contributed by atoms with Crippen molar-refractivity contribution in [2.45, 2.75) is 45.6 Å². The van der Waals surface area contributed by atoms with Crippen LogP contribution in [0.2, 0.25) is 0 Å². The molecule has 0 aliphatic heterocycles. The van der Waals surface area contributed by atoms with E-state index in [0.29, 0.717) is 17.3 Å². The highest BCUT2D eigenvalue weighted by molar-refractivity contribution is 5.08. The van der Waals surface area contributed by atoms with Crippen molar-refractivity contribution in [1.82, 2.24) is 0 Å². The fraction of sp³-hybridized carbons (Fsp3) is 1.00. The molecule has 2 aliphatic rings. The van der Waals surface area contributed by atoms with Crippen molar-refractivity contribution >= 4 is 0 Å². The quantitative estimate of drug-likeness (QED) is 0.567. The first kappa shape index (κ1) is 7.60. The van der Waals surface area contributed by atoms with Crippen molar-refractivity contribution in [3.8, 4) is 0 Å². The van der Waals surface area contributed by atoms with E-state index >= 15 is 0 Å². The Bertz CT molecular complexity index is 181. The van der Waals surface area contributed by atoms with Crippen LogP contribution < -0.4 is 0 Å². The maximum Gasteiger partial charge on any atom is 0.0678 e. The van der Waals surface area contributed by atoms with Crippen LogP contribution in [0.25, 0.3) is 0 Å². The van der Waals surface area contributed by atoms with Gasteiger partial charge in [-0.15, -0.1) is 0 Å². The van der Waals surface area contributed by atoms with Gasteiger partial charge in [-0.25, -0.2) is 0 Å². The molecule has 4 unspecified atom stereocenters. The average Bonchev–Trinajstić information content (AvgIpc) is 2.36. The fourth-order valence-corrected chi connectivity index (χ4v) is 3.22. The molecule has 0 aromatic carbocycles. The standard InChI is InChI=1S/C10H18O/c1-7-9(2)5-4-8(6-9)10(7,3)11/h7-8,11H,4-6H2,1-3H3. The monoisotopic (exact) mass is 154 g/mol. The molecule has 11 heavy (non-hydrogen) atoms. The van der Waals surface area contributed by atoms with E-state index in [1.807, 2.05) is 6.92 Å². The summed E-state index contributed by atoms with van der Waals surface area (Å²) in [7, 11) is 0. The van der Waals surface area contributed by atoms with E-state index in [1.54, 1.807) is 0 Å². The lowest BCUT2D eigenvalue weighted by Crippen LogP contribution is -2.41. The second-order valence-electron chi connectivity index (χ2n) is 5.04. The Morgan fingerprint density at radius 2 is 2.00 bits per heavy atom. The molecule has 0 amide bonds. The summed E-state index contributed by atoms with van der Waals surface area (Å²) in [6.45, 7) is 6.56. The molecule has 2 aliphatic carbocycles. The smallest absolute Gasteiger partial charge is 0.0678 e. The predicted molar refractivity (Wildman–Crippen MR) is 45.2 cm³/mol. The largest absolute Gasteiger partial charge is 0.390 e. The summed E-state index contributed by atoms with van der Waals surface area (Å²) < 4.78 is 0. The lowest BCUT2D eigenvalue weighted by atomic mass is 9.71. The van der Waals surface area contributed by atoms with Gasteiger partial charge in [0.15, 0.2) is 0 Å². The first-order chi connectivity index (χ1) is 4.97. The molecule has 0 spiro atoms. The zero-order valence-corrected chi connectivity index (χ0v) is 7.72. The van der Waals surface area contributed by atoms with Crippen LogP contribution >= 0.6 is 0 Å². The molecule has 2 bridgehead atoms. The van der Waals surface area contributed by atoms with Gasteiger partial charge >= 0.3 is 0 Å². The molecule has 2 fully saturated rings. The van der Waals surface area contributed by atoms with Gasteiger partial charge in [0, 0.05) is 0 Å². The summed E-state index contributed by atoms with van der Waals surface area (Å²) in [6, 6.07) is 0. The van der Waals surface area contributed by atoms with Crippen LogP contribution in [0.5, 0.6) is 0 Å². The molecule has 0 heterocycles. The molecular formula is C10H18O. The van der Waals surface area contributed by atoms with Crippen LogP contribution in [0.15, 0.2) is 0 Å². The van der Waals surface area contributed by atoms with E-state index in [1.165, 1.54) is 19.3 Å². The van der Waals surface area contributed by atoms with Gasteiger partial charge in [0.25, 0.3) is 0 Å². The topological polar surface area (TPSA) is 20.2 Å². The molecule has 4 atom stereocenters. The Morgan fingerprint density at radius 3 is 2.27 bits per heavy atom. The molecule has 0 radical (unpaired) electrons. The Labute approximate surface area is 68.8 Å². The molecule has 0 saturated heterocycles. The summed E-state index contributed by atoms with van der Waals surface area (Å²) in [5.41, 5.74) is 0.0845. The van der Waals surface area contributed by atoms with Crippen LogP contribution in [-0.4, -0.2) is 10.7 Å². The molecule has 1 heteroatoms. The Hall–Kier alpha value is -0.0400. The van der Waals surface area contributed by atoms with Gasteiger partial charge in [-0.2, -0.15) is 0 Å². The highest BCUT2D eigenvalue weighted by Gasteiger charge is 2.58. The summed E-state index contributed by atoms with van der Waals surface area (Å²) in [5, 5.41) is 10.1. The predicted octanol–water partition coefficient (Wildman–Crippen LogP) is 2.19. The highest BCUT2D eigenvalue weighted by atomic mass is 16.3. The molecule has 2 rings (SSSR count). The maximum atomic E-state index is 10.1. The molecule has 1 nitrogen and oxygen atoms in total. The van der Waals surface area contributed by atoms with E-state index in [4.69, 9.17) is 0 Å². The van der Waals surface area contributed by atoms with Crippen molar-refractivity contribution in [2.75, 3.05) is 0 Å². The number of fused-ring (bicyclic) bond motifs is 2. The van der Waals surface area contributed by atoms with E-state index < -0.39 is 0 Å². The molecular weight excluding hydrogens is 136 g/mol. The number of aliphatic hydroxyl groups is 1. The molecule has 0 aromatic heterocycles. The minimum Gasteiger partial charge on any atom is -0.390 e. The van der Waals surface area contributed by atoms with Gasteiger partial charge in [0.2, 0.25) is 0 Å². The number of hydrogen-bond acceptors (Lipinski definition) is 1. The second-order valence-corrected chi connectivity index (χ2v) is 5.04. The third-order valence-corrected chi connectivity index (χ3v) is 4.53. The average molecular weight is 154 g/mol. The first-order valence-corrected chi connectivity index (χ1v) is 4.69. The van der Waals surface area contributed by atoms with Gasteiger partial charge < -0.3 is 5.11 Å². The van der Waals surface area contributed by atoms with Gasteiger partial charge in [0.05, 0.1) is 5.60 Å². The van der Waals surface area contributed by atoms with Crippen molar-refractivity contribution in [3.63, 3.8) is 0 Å². The van der Waals surface area contributed by atoms with Crippen molar-refractivity contribution in [1.29, 1.82) is 0 Å². The van der Waals surface area contributed by atoms with Gasteiger partial charge in [-0.05, 0) is 43.4 Å². The molecule has 1 N–H and O–H groups in total. The molecule has 0 aromatic rings. The van der Waals surface area contributed by atoms with E-state index in [0.717, 1.165) is 0 Å². The third kappa shape index (κ3) is 0.752. The van der Waals surface area contributed by atoms with Crippen LogP contribution in [0.1, 0.15) is 40.0 Å². The SMILES string of the molecule is CC1C2(C)CCC(C2)C1(C)O. The second kappa shape index (κ2) is 1.82. The van der Waals surface area contributed by atoms with Crippen molar-refractivity contribution in [2.24, 2.45) is 17.3 Å². The van der Waals surface area contributed by atoms with Gasteiger partial charge in [-0.1, -0.05) is 13.8 Å². The highest BCUT2D eigenvalue weighted by Crippen LogP contribution is 2.61. The van der Waals surface area contributed by atoms with Crippen molar-refractivity contribution in [3.05, 3.63) is 0 Å². The summed E-state index contributed by atoms with van der Waals surface area (Å²) in [5.74, 6) is 1.08. The summed E-state index contributed by atoms with van der Waals surface area (Å²) in [6.07, 6.45) is 3.82. The van der Waals surface area contributed by atoms with Crippen LogP contribution in [0.4, 0.5) is 0 Å². The lowest BCUT2D eigenvalue weighted by Gasteiger charge is -2.39. The Balaban J connectivity index is 2.34. The molecule has 2 saturated carbocycles. The van der Waals surface area contributed by atoms with E-state index in [9.17, 15) is 5.11 Å². The third-order valence-electron chi connectivity index (χ3n) is 4.53. The van der Waals surface area contributed by atoms with E-state index in [-0.39, 0.29) is 5.60 Å². The summed E-state index contributed by atoms with van der Waals surface area (Å²) in [4.78, 5) is 0. The van der Waals surface area contributed by atoms with Crippen LogP contribution in [-0.2, 0) is 0 Å². The minimum absolute atomic E-state index is 0.368. The zero-order chi connectivity index (χ0) is 8.28. The maximum absolute atomic E-state index is 10.1. The minimum atomic E-state index is -0.368. The zero-order valence-electron chi connectivity index (χ0n) is 7.72. The van der Waals surface area contributed by atoms with Crippen LogP contribution in [0, 0.1) is 17.3 Å². The normalized spacial score (nSPS) is 62.2.